The van der Waals surface area contributed by atoms with Crippen molar-refractivity contribution in [2.24, 2.45) is 5.41 Å². The summed E-state index contributed by atoms with van der Waals surface area (Å²) in [5, 5.41) is 21.4. The molecule has 0 spiro atoms. The molecule has 3 nitrogen and oxygen atoms in total. The van der Waals surface area contributed by atoms with Crippen LogP contribution in [0.2, 0.25) is 0 Å². The standard InChI is InChI=1S/C12H27NO2/c1-10(6-5-7-14)13-11(9-15)8-12(2,3)4/h10-11,13-15H,5-9H2,1-4H3. The largest absolute Gasteiger partial charge is 0.396 e. The Hall–Kier alpha value is -0.120. The summed E-state index contributed by atoms with van der Waals surface area (Å²) in [6.07, 6.45) is 2.74. The van der Waals surface area contributed by atoms with Crippen LogP contribution >= 0.6 is 0 Å². The quantitative estimate of drug-likeness (QED) is 0.606. The molecule has 0 heterocycles. The molecule has 2 atom stereocenters. The molecule has 92 valence electrons. The van der Waals surface area contributed by atoms with Crippen LogP contribution in [0.1, 0.15) is 47.0 Å². The van der Waals surface area contributed by atoms with Crippen molar-refractivity contribution in [3.8, 4) is 0 Å². The van der Waals surface area contributed by atoms with Gasteiger partial charge in [-0.2, -0.15) is 0 Å². The molecule has 0 aromatic carbocycles. The predicted molar refractivity (Wildman–Crippen MR) is 63.9 cm³/mol. The average molecular weight is 217 g/mol. The van der Waals surface area contributed by atoms with Crippen molar-refractivity contribution in [3.63, 3.8) is 0 Å². The van der Waals surface area contributed by atoms with E-state index in [0.29, 0.717) is 6.04 Å². The lowest BCUT2D eigenvalue weighted by molar-refractivity contribution is 0.185. The number of rotatable bonds is 7. The number of hydrogen-bond donors (Lipinski definition) is 3. The molecule has 0 aromatic rings. The summed E-state index contributed by atoms with van der Waals surface area (Å²) in [5.74, 6) is 0. The number of nitrogens with one attached hydrogen (secondary N) is 1. The Labute approximate surface area is 93.9 Å². The molecule has 0 fully saturated rings. The van der Waals surface area contributed by atoms with Crippen molar-refractivity contribution in [2.45, 2.75) is 59.0 Å². The minimum Gasteiger partial charge on any atom is -0.396 e. The van der Waals surface area contributed by atoms with Crippen LogP contribution in [0.5, 0.6) is 0 Å². The third-order valence-electron chi connectivity index (χ3n) is 2.39. The highest BCUT2D eigenvalue weighted by Crippen LogP contribution is 2.20. The van der Waals surface area contributed by atoms with E-state index in [0.717, 1.165) is 19.3 Å². The Kier molecular flexibility index (Phi) is 7.14. The minimum absolute atomic E-state index is 0.165. The second-order valence-electron chi connectivity index (χ2n) is 5.58. The molecule has 0 radical (unpaired) electrons. The summed E-state index contributed by atoms with van der Waals surface area (Å²) >= 11 is 0. The van der Waals surface area contributed by atoms with E-state index in [1.807, 2.05) is 0 Å². The van der Waals surface area contributed by atoms with Gasteiger partial charge in [-0.05, 0) is 31.6 Å². The van der Waals surface area contributed by atoms with E-state index in [1.54, 1.807) is 0 Å². The number of aliphatic hydroxyl groups excluding tert-OH is 2. The molecule has 0 rings (SSSR count). The van der Waals surface area contributed by atoms with Gasteiger partial charge in [0.2, 0.25) is 0 Å². The van der Waals surface area contributed by atoms with Crippen molar-refractivity contribution >= 4 is 0 Å². The van der Waals surface area contributed by atoms with E-state index in [-0.39, 0.29) is 24.7 Å². The Morgan fingerprint density at radius 1 is 1.20 bits per heavy atom. The summed E-state index contributed by atoms with van der Waals surface area (Å²) in [6.45, 7) is 9.05. The van der Waals surface area contributed by atoms with Gasteiger partial charge in [0.15, 0.2) is 0 Å². The van der Waals surface area contributed by atoms with Gasteiger partial charge < -0.3 is 15.5 Å². The van der Waals surface area contributed by atoms with Crippen LogP contribution < -0.4 is 5.32 Å². The zero-order valence-electron chi connectivity index (χ0n) is 10.6. The van der Waals surface area contributed by atoms with Gasteiger partial charge in [0.25, 0.3) is 0 Å². The lowest BCUT2D eigenvalue weighted by Crippen LogP contribution is -2.41. The summed E-state index contributed by atoms with van der Waals surface area (Å²) in [6, 6.07) is 0.523. The molecule has 0 amide bonds. The van der Waals surface area contributed by atoms with E-state index in [2.05, 4.69) is 33.0 Å². The van der Waals surface area contributed by atoms with Crippen LogP contribution in [-0.4, -0.2) is 35.5 Å². The van der Waals surface area contributed by atoms with Gasteiger partial charge in [-0.1, -0.05) is 20.8 Å². The van der Waals surface area contributed by atoms with Gasteiger partial charge in [0.1, 0.15) is 0 Å². The third-order valence-corrected chi connectivity index (χ3v) is 2.39. The first-order chi connectivity index (χ1) is 6.89. The topological polar surface area (TPSA) is 52.5 Å². The van der Waals surface area contributed by atoms with Crippen molar-refractivity contribution < 1.29 is 10.2 Å². The Bertz CT molecular complexity index is 154. The second kappa shape index (κ2) is 7.20. The maximum atomic E-state index is 9.25. The van der Waals surface area contributed by atoms with Gasteiger partial charge in [0, 0.05) is 18.7 Å². The molecule has 3 heteroatoms. The van der Waals surface area contributed by atoms with Gasteiger partial charge in [0.05, 0.1) is 6.61 Å². The lowest BCUT2D eigenvalue weighted by atomic mass is 9.88. The predicted octanol–water partition coefficient (Wildman–Crippen LogP) is 1.53. The molecule has 0 aliphatic rings. The van der Waals surface area contributed by atoms with Crippen LogP contribution in [-0.2, 0) is 0 Å². The zero-order valence-corrected chi connectivity index (χ0v) is 10.6. The highest BCUT2D eigenvalue weighted by Gasteiger charge is 2.19. The molecule has 15 heavy (non-hydrogen) atoms. The van der Waals surface area contributed by atoms with E-state index in [1.165, 1.54) is 0 Å². The van der Waals surface area contributed by atoms with E-state index >= 15 is 0 Å². The second-order valence-corrected chi connectivity index (χ2v) is 5.58. The number of aliphatic hydroxyl groups is 2. The normalized spacial score (nSPS) is 16.4. The van der Waals surface area contributed by atoms with E-state index < -0.39 is 0 Å². The van der Waals surface area contributed by atoms with Crippen molar-refractivity contribution in [3.05, 3.63) is 0 Å². The highest BCUT2D eigenvalue weighted by molar-refractivity contribution is 4.76. The average Bonchev–Trinajstić information content (AvgIpc) is 2.11. The van der Waals surface area contributed by atoms with Gasteiger partial charge >= 0.3 is 0 Å². The molecule has 0 aliphatic heterocycles. The van der Waals surface area contributed by atoms with Crippen LogP contribution in [0.25, 0.3) is 0 Å². The van der Waals surface area contributed by atoms with Crippen molar-refractivity contribution in [2.75, 3.05) is 13.2 Å². The third kappa shape index (κ3) is 8.85. The highest BCUT2D eigenvalue weighted by atomic mass is 16.3. The monoisotopic (exact) mass is 217 g/mol. The Morgan fingerprint density at radius 2 is 1.80 bits per heavy atom. The lowest BCUT2D eigenvalue weighted by Gasteiger charge is -2.28. The van der Waals surface area contributed by atoms with Crippen molar-refractivity contribution in [1.82, 2.24) is 5.32 Å². The first-order valence-electron chi connectivity index (χ1n) is 5.87. The van der Waals surface area contributed by atoms with Crippen LogP contribution in [0.4, 0.5) is 0 Å². The van der Waals surface area contributed by atoms with Crippen LogP contribution in [0.15, 0.2) is 0 Å². The summed E-state index contributed by atoms with van der Waals surface area (Å²) in [5.41, 5.74) is 0.233. The first-order valence-corrected chi connectivity index (χ1v) is 5.87. The molecular weight excluding hydrogens is 190 g/mol. The maximum absolute atomic E-state index is 9.25. The van der Waals surface area contributed by atoms with Gasteiger partial charge in [-0.25, -0.2) is 0 Å². The minimum atomic E-state index is 0.165. The van der Waals surface area contributed by atoms with Gasteiger partial charge in [-0.3, -0.25) is 0 Å². The van der Waals surface area contributed by atoms with Crippen LogP contribution in [0, 0.1) is 5.41 Å². The molecule has 0 aromatic heterocycles. The Morgan fingerprint density at radius 3 is 2.20 bits per heavy atom. The summed E-state index contributed by atoms with van der Waals surface area (Å²) in [4.78, 5) is 0. The summed E-state index contributed by atoms with van der Waals surface area (Å²) < 4.78 is 0. The smallest absolute Gasteiger partial charge is 0.0584 e. The van der Waals surface area contributed by atoms with E-state index in [9.17, 15) is 5.11 Å². The molecule has 3 N–H and O–H groups in total. The fraction of sp³-hybridized carbons (Fsp3) is 1.00. The first kappa shape index (κ1) is 14.9. The van der Waals surface area contributed by atoms with Crippen molar-refractivity contribution in [1.29, 1.82) is 0 Å². The van der Waals surface area contributed by atoms with E-state index in [4.69, 9.17) is 5.11 Å². The molecule has 0 aliphatic carbocycles. The zero-order chi connectivity index (χ0) is 11.9. The molecule has 0 bridgehead atoms. The van der Waals surface area contributed by atoms with Gasteiger partial charge in [-0.15, -0.1) is 0 Å². The Balaban J connectivity index is 3.87. The maximum Gasteiger partial charge on any atom is 0.0584 e. The molecule has 2 unspecified atom stereocenters. The summed E-state index contributed by atoms with van der Waals surface area (Å²) in [7, 11) is 0. The molecule has 0 saturated carbocycles. The number of hydrogen-bond acceptors (Lipinski definition) is 3. The SMILES string of the molecule is CC(CCCO)NC(CO)CC(C)(C)C. The molecule has 0 saturated heterocycles. The fourth-order valence-corrected chi connectivity index (χ4v) is 1.80. The fourth-order valence-electron chi connectivity index (χ4n) is 1.80. The molecular formula is C12H27NO2. The van der Waals surface area contributed by atoms with Crippen LogP contribution in [0.3, 0.4) is 0 Å².